The number of aliphatic hydroxyl groups excluding tert-OH is 1. The van der Waals surface area contributed by atoms with Crippen molar-refractivity contribution in [2.24, 2.45) is 0 Å². The Morgan fingerprint density at radius 1 is 1.38 bits per heavy atom. The summed E-state index contributed by atoms with van der Waals surface area (Å²) in [5, 5.41) is 21.4. The fourth-order valence-corrected chi connectivity index (χ4v) is 2.68. The van der Waals surface area contributed by atoms with Crippen LogP contribution in [0.1, 0.15) is 18.6 Å². The Hall–Kier alpha value is -1.73. The Kier molecular flexibility index (Phi) is 7.04. The predicted molar refractivity (Wildman–Crippen MR) is 80.5 cm³/mol. The molecule has 0 aliphatic heterocycles. The van der Waals surface area contributed by atoms with Gasteiger partial charge in [-0.05, 0) is 17.7 Å². The van der Waals surface area contributed by atoms with Crippen LogP contribution in [0, 0.1) is 0 Å². The molecular formula is C14H19NO5S. The second-order valence-electron chi connectivity index (χ2n) is 4.42. The lowest BCUT2D eigenvalue weighted by atomic mass is 10.1. The summed E-state index contributed by atoms with van der Waals surface area (Å²) >= 11 is 1.26. The van der Waals surface area contributed by atoms with Gasteiger partial charge in [-0.2, -0.15) is 11.8 Å². The smallest absolute Gasteiger partial charge is 0.327 e. The maximum absolute atomic E-state index is 11.0. The number of carbonyl (C=O) groups is 2. The number of hydrogen-bond donors (Lipinski definition) is 3. The van der Waals surface area contributed by atoms with Crippen molar-refractivity contribution in [2.75, 3.05) is 18.6 Å². The molecule has 2 atom stereocenters. The molecule has 6 nitrogen and oxygen atoms in total. The largest absolute Gasteiger partial charge is 0.497 e. The molecule has 1 rings (SSSR count). The van der Waals surface area contributed by atoms with E-state index in [2.05, 4.69) is 5.32 Å². The van der Waals surface area contributed by atoms with E-state index in [1.807, 2.05) is 0 Å². The zero-order valence-corrected chi connectivity index (χ0v) is 12.7. The summed E-state index contributed by atoms with van der Waals surface area (Å²) in [5.74, 6) is -0.310. The summed E-state index contributed by atoms with van der Waals surface area (Å²) in [4.78, 5) is 21.9. The lowest BCUT2D eigenvalue weighted by Crippen LogP contribution is -2.41. The molecule has 1 amide bonds. The van der Waals surface area contributed by atoms with Gasteiger partial charge in [0, 0.05) is 18.4 Å². The normalized spacial score (nSPS) is 13.3. The van der Waals surface area contributed by atoms with E-state index in [4.69, 9.17) is 9.84 Å². The number of amides is 1. The molecule has 0 spiro atoms. The third-order valence-electron chi connectivity index (χ3n) is 2.71. The zero-order valence-electron chi connectivity index (χ0n) is 11.9. The average Bonchev–Trinajstić information content (AvgIpc) is 2.45. The number of aliphatic hydroxyl groups is 1. The highest BCUT2D eigenvalue weighted by Crippen LogP contribution is 2.22. The van der Waals surface area contributed by atoms with Crippen LogP contribution in [0.3, 0.4) is 0 Å². The number of carbonyl (C=O) groups excluding carboxylic acids is 1. The first-order chi connectivity index (χ1) is 9.93. The Morgan fingerprint density at radius 2 is 2.10 bits per heavy atom. The number of aliphatic carboxylic acids is 1. The highest BCUT2D eigenvalue weighted by atomic mass is 32.2. The van der Waals surface area contributed by atoms with Gasteiger partial charge in [-0.1, -0.05) is 12.1 Å². The fourth-order valence-electron chi connectivity index (χ4n) is 1.66. The van der Waals surface area contributed by atoms with Crippen molar-refractivity contribution in [1.29, 1.82) is 0 Å². The molecule has 1 aromatic carbocycles. The van der Waals surface area contributed by atoms with E-state index in [9.17, 15) is 14.7 Å². The van der Waals surface area contributed by atoms with Crippen molar-refractivity contribution in [3.05, 3.63) is 29.8 Å². The van der Waals surface area contributed by atoms with Gasteiger partial charge in [0.15, 0.2) is 0 Å². The van der Waals surface area contributed by atoms with Crippen LogP contribution < -0.4 is 10.1 Å². The van der Waals surface area contributed by atoms with Gasteiger partial charge in [-0.25, -0.2) is 4.79 Å². The van der Waals surface area contributed by atoms with Crippen LogP contribution in [0.4, 0.5) is 0 Å². The molecule has 0 saturated heterocycles. The van der Waals surface area contributed by atoms with Gasteiger partial charge < -0.3 is 20.3 Å². The molecule has 1 unspecified atom stereocenters. The minimum absolute atomic E-state index is 0.190. The third-order valence-corrected chi connectivity index (χ3v) is 3.83. The molecule has 0 fully saturated rings. The molecule has 0 radical (unpaired) electrons. The van der Waals surface area contributed by atoms with Gasteiger partial charge in [0.2, 0.25) is 5.91 Å². The summed E-state index contributed by atoms with van der Waals surface area (Å²) in [7, 11) is 1.55. The Morgan fingerprint density at radius 3 is 2.67 bits per heavy atom. The molecular weight excluding hydrogens is 294 g/mol. The van der Waals surface area contributed by atoms with Crippen LogP contribution in [0.25, 0.3) is 0 Å². The quantitative estimate of drug-likeness (QED) is 0.664. The van der Waals surface area contributed by atoms with E-state index in [0.29, 0.717) is 17.1 Å². The molecule has 0 saturated carbocycles. The average molecular weight is 313 g/mol. The summed E-state index contributed by atoms with van der Waals surface area (Å²) < 4.78 is 5.08. The van der Waals surface area contributed by atoms with Gasteiger partial charge in [0.1, 0.15) is 11.8 Å². The second-order valence-corrected chi connectivity index (χ2v) is 5.50. The van der Waals surface area contributed by atoms with Crippen LogP contribution in [0.5, 0.6) is 5.75 Å². The van der Waals surface area contributed by atoms with Gasteiger partial charge >= 0.3 is 5.97 Å². The number of methoxy groups -OCH3 is 1. The van der Waals surface area contributed by atoms with Crippen LogP contribution >= 0.6 is 11.8 Å². The minimum atomic E-state index is -1.09. The Labute approximate surface area is 127 Å². The van der Waals surface area contributed by atoms with Crippen LogP contribution in [-0.4, -0.2) is 46.7 Å². The van der Waals surface area contributed by atoms with Crippen molar-refractivity contribution in [3.8, 4) is 5.75 Å². The van der Waals surface area contributed by atoms with E-state index in [1.165, 1.54) is 18.7 Å². The van der Waals surface area contributed by atoms with Crippen molar-refractivity contribution in [2.45, 2.75) is 19.1 Å². The van der Waals surface area contributed by atoms with Gasteiger partial charge in [-0.15, -0.1) is 0 Å². The minimum Gasteiger partial charge on any atom is -0.497 e. The van der Waals surface area contributed by atoms with Crippen LogP contribution in [0.15, 0.2) is 24.3 Å². The Balaban J connectivity index is 2.49. The summed E-state index contributed by atoms with van der Waals surface area (Å²) in [6.45, 7) is 1.27. The number of carboxylic acids is 1. The number of benzene rings is 1. The molecule has 0 bridgehead atoms. The van der Waals surface area contributed by atoms with Gasteiger partial charge in [0.05, 0.1) is 13.2 Å². The summed E-state index contributed by atoms with van der Waals surface area (Å²) in [6, 6.07) is 6.11. The Bertz CT molecular complexity index is 494. The summed E-state index contributed by atoms with van der Waals surface area (Å²) in [5.41, 5.74) is 0.702. The number of thioether (sulfide) groups is 1. The lowest BCUT2D eigenvalue weighted by molar-refractivity contribution is -0.140. The van der Waals surface area contributed by atoms with Crippen molar-refractivity contribution >= 4 is 23.6 Å². The number of hydrogen-bond acceptors (Lipinski definition) is 5. The predicted octanol–water partition coefficient (Wildman–Crippen LogP) is 1.05. The van der Waals surface area contributed by atoms with Gasteiger partial charge in [-0.3, -0.25) is 4.79 Å². The van der Waals surface area contributed by atoms with E-state index < -0.39 is 24.0 Å². The van der Waals surface area contributed by atoms with Crippen molar-refractivity contribution < 1.29 is 24.5 Å². The standard InChI is InChI=1S/C14H19NO5S/c1-9(16)15-12(14(18)19)7-21-8-13(17)10-4-3-5-11(6-10)20-2/h3-6,12-13,17H,7-8H2,1-2H3,(H,15,16)(H,18,19)/t12-,13?/m0/s1. The molecule has 3 N–H and O–H groups in total. The first-order valence-electron chi connectivity index (χ1n) is 6.33. The maximum Gasteiger partial charge on any atom is 0.327 e. The number of rotatable bonds is 8. The highest BCUT2D eigenvalue weighted by molar-refractivity contribution is 7.99. The molecule has 0 heterocycles. The van der Waals surface area contributed by atoms with E-state index >= 15 is 0 Å². The van der Waals surface area contributed by atoms with E-state index in [-0.39, 0.29) is 5.75 Å². The number of carboxylic acid groups (broad SMARTS) is 1. The first kappa shape index (κ1) is 17.3. The first-order valence-corrected chi connectivity index (χ1v) is 7.49. The number of nitrogens with one attached hydrogen (secondary N) is 1. The molecule has 21 heavy (non-hydrogen) atoms. The molecule has 0 aliphatic carbocycles. The topological polar surface area (TPSA) is 95.9 Å². The van der Waals surface area contributed by atoms with E-state index in [0.717, 1.165) is 0 Å². The molecule has 0 aliphatic rings. The summed E-state index contributed by atoms with van der Waals surface area (Å²) in [6.07, 6.45) is -0.725. The third kappa shape index (κ3) is 6.05. The van der Waals surface area contributed by atoms with E-state index in [1.54, 1.807) is 31.4 Å². The number of ether oxygens (including phenoxy) is 1. The lowest BCUT2D eigenvalue weighted by Gasteiger charge is -2.15. The van der Waals surface area contributed by atoms with Crippen molar-refractivity contribution in [3.63, 3.8) is 0 Å². The zero-order chi connectivity index (χ0) is 15.8. The molecule has 116 valence electrons. The van der Waals surface area contributed by atoms with Crippen molar-refractivity contribution in [1.82, 2.24) is 5.32 Å². The fraction of sp³-hybridized carbons (Fsp3) is 0.429. The maximum atomic E-state index is 11.0. The van der Waals surface area contributed by atoms with Crippen LogP contribution in [0.2, 0.25) is 0 Å². The molecule has 7 heteroatoms. The highest BCUT2D eigenvalue weighted by Gasteiger charge is 2.19. The second kappa shape index (κ2) is 8.53. The molecule has 1 aromatic rings. The molecule has 0 aromatic heterocycles. The monoisotopic (exact) mass is 313 g/mol. The van der Waals surface area contributed by atoms with Crippen LogP contribution in [-0.2, 0) is 9.59 Å². The SMILES string of the molecule is COc1cccc(C(O)CSC[C@H](NC(C)=O)C(=O)O)c1. The van der Waals surface area contributed by atoms with Gasteiger partial charge in [0.25, 0.3) is 0 Å².